The van der Waals surface area contributed by atoms with Gasteiger partial charge in [-0.05, 0) is 61.0 Å². The summed E-state index contributed by atoms with van der Waals surface area (Å²) in [5.74, 6) is 1.71. The summed E-state index contributed by atoms with van der Waals surface area (Å²) in [7, 11) is -2.49. The number of nitrogens with zero attached hydrogens (tertiary/aromatic N) is 1. The van der Waals surface area contributed by atoms with Gasteiger partial charge in [0.2, 0.25) is 5.91 Å². The molecule has 0 saturated heterocycles. The summed E-state index contributed by atoms with van der Waals surface area (Å²) >= 11 is 7.68. The Kier molecular flexibility index (Phi) is 9.27. The Morgan fingerprint density at radius 2 is 1.65 bits per heavy atom. The van der Waals surface area contributed by atoms with Crippen LogP contribution in [0, 0.1) is 6.92 Å². The zero-order chi connectivity index (χ0) is 24.6. The number of benzene rings is 3. The third-order valence-corrected chi connectivity index (χ3v) is 8.08. The molecule has 0 saturated carbocycles. The second-order valence-corrected chi connectivity index (χ2v) is 11.0. The van der Waals surface area contributed by atoms with Crippen molar-refractivity contribution in [1.82, 2.24) is 5.32 Å². The lowest BCUT2D eigenvalue weighted by atomic mass is 10.2. The Bertz CT molecular complexity index is 1180. The molecule has 0 aromatic heterocycles. The Balaban J connectivity index is 1.64. The molecule has 0 aliphatic rings. The monoisotopic (exact) mass is 518 g/mol. The van der Waals surface area contributed by atoms with E-state index in [1.807, 2.05) is 0 Å². The van der Waals surface area contributed by atoms with E-state index in [0.29, 0.717) is 28.8 Å². The average Bonchev–Trinajstić information content (AvgIpc) is 2.84. The van der Waals surface area contributed by atoms with Crippen LogP contribution in [0.3, 0.4) is 0 Å². The van der Waals surface area contributed by atoms with Gasteiger partial charge in [-0.15, -0.1) is 0 Å². The van der Waals surface area contributed by atoms with Crippen LogP contribution in [0.25, 0.3) is 0 Å². The topological polar surface area (TPSA) is 75.7 Å². The molecule has 0 fully saturated rings. The van der Waals surface area contributed by atoms with E-state index in [2.05, 4.69) is 36.5 Å². The van der Waals surface area contributed by atoms with Gasteiger partial charge in [0.15, 0.2) is 0 Å². The Morgan fingerprint density at radius 1 is 1.00 bits per heavy atom. The first-order chi connectivity index (χ1) is 16.3. The van der Waals surface area contributed by atoms with Crippen LogP contribution in [0.2, 0.25) is 5.02 Å². The second-order valence-electron chi connectivity index (χ2n) is 7.55. The number of sulfonamides is 1. The number of ether oxygens (including phenoxy) is 1. The molecule has 6 nitrogen and oxygen atoms in total. The van der Waals surface area contributed by atoms with Gasteiger partial charge in [0.1, 0.15) is 12.3 Å². The van der Waals surface area contributed by atoms with E-state index >= 15 is 0 Å². The molecule has 1 N–H and O–H groups in total. The van der Waals surface area contributed by atoms with Crippen LogP contribution < -0.4 is 14.4 Å². The van der Waals surface area contributed by atoms with Crippen molar-refractivity contribution >= 4 is 45.0 Å². The maximum atomic E-state index is 13.4. The van der Waals surface area contributed by atoms with Gasteiger partial charge in [-0.25, -0.2) is 8.42 Å². The van der Waals surface area contributed by atoms with E-state index in [9.17, 15) is 13.2 Å². The lowest BCUT2D eigenvalue weighted by Crippen LogP contribution is -2.41. The maximum Gasteiger partial charge on any atom is 0.264 e. The van der Waals surface area contributed by atoms with Crippen LogP contribution in [0.15, 0.2) is 77.7 Å². The van der Waals surface area contributed by atoms with Crippen molar-refractivity contribution in [3.05, 3.63) is 88.9 Å². The minimum Gasteiger partial charge on any atom is -0.497 e. The molecule has 0 aliphatic carbocycles. The zero-order valence-electron chi connectivity index (χ0n) is 19.0. The molecule has 3 aromatic rings. The summed E-state index contributed by atoms with van der Waals surface area (Å²) in [4.78, 5) is 12.7. The van der Waals surface area contributed by atoms with Gasteiger partial charge in [0.05, 0.1) is 17.7 Å². The van der Waals surface area contributed by atoms with Gasteiger partial charge >= 0.3 is 0 Å². The standard InChI is InChI=1S/C25H27ClN2O4S2/c1-19-3-5-20(6-4-19)18-33-16-15-27-25(29)17-28(22-9-7-21(26)8-10-22)34(30,31)24-13-11-23(32-2)12-14-24/h3-14H,15-18H2,1-2H3,(H,27,29). The average molecular weight is 519 g/mol. The Labute approximate surface area is 210 Å². The number of aryl methyl sites for hydroxylation is 1. The summed E-state index contributed by atoms with van der Waals surface area (Å²) in [5, 5.41) is 3.29. The highest BCUT2D eigenvalue weighted by Gasteiger charge is 2.27. The summed E-state index contributed by atoms with van der Waals surface area (Å²) in [6.45, 7) is 2.14. The summed E-state index contributed by atoms with van der Waals surface area (Å²) in [5.41, 5.74) is 2.79. The SMILES string of the molecule is COc1ccc(S(=O)(=O)N(CC(=O)NCCSCc2ccc(C)cc2)c2ccc(Cl)cc2)cc1. The van der Waals surface area contributed by atoms with Crippen molar-refractivity contribution in [2.24, 2.45) is 0 Å². The van der Waals surface area contributed by atoms with E-state index in [1.54, 1.807) is 48.2 Å². The molecule has 34 heavy (non-hydrogen) atoms. The molecule has 0 bridgehead atoms. The van der Waals surface area contributed by atoms with E-state index in [0.717, 1.165) is 10.1 Å². The van der Waals surface area contributed by atoms with Crippen molar-refractivity contribution in [3.63, 3.8) is 0 Å². The van der Waals surface area contributed by atoms with Crippen LogP contribution in [0.1, 0.15) is 11.1 Å². The summed E-state index contributed by atoms with van der Waals surface area (Å²) in [6, 6.07) is 20.7. The molecule has 0 heterocycles. The molecule has 0 spiro atoms. The van der Waals surface area contributed by atoms with E-state index < -0.39 is 10.0 Å². The number of amides is 1. The van der Waals surface area contributed by atoms with Gasteiger partial charge < -0.3 is 10.1 Å². The van der Waals surface area contributed by atoms with Gasteiger partial charge in [0.25, 0.3) is 10.0 Å². The molecule has 3 aromatic carbocycles. The third kappa shape index (κ3) is 7.16. The lowest BCUT2D eigenvalue weighted by Gasteiger charge is -2.24. The molecular formula is C25H27ClN2O4S2. The summed E-state index contributed by atoms with van der Waals surface area (Å²) < 4.78 is 33.0. The van der Waals surface area contributed by atoms with E-state index in [4.69, 9.17) is 16.3 Å². The number of carbonyl (C=O) groups is 1. The van der Waals surface area contributed by atoms with Gasteiger partial charge in [-0.3, -0.25) is 9.10 Å². The molecule has 9 heteroatoms. The maximum absolute atomic E-state index is 13.4. The van der Waals surface area contributed by atoms with Gasteiger partial charge in [-0.1, -0.05) is 41.4 Å². The largest absolute Gasteiger partial charge is 0.497 e. The van der Waals surface area contributed by atoms with Crippen LogP contribution in [-0.4, -0.2) is 40.3 Å². The first-order valence-corrected chi connectivity index (χ1v) is 13.6. The molecule has 0 unspecified atom stereocenters. The van der Waals surface area contributed by atoms with Crippen LogP contribution in [-0.2, 0) is 20.6 Å². The number of hydrogen-bond donors (Lipinski definition) is 1. The number of nitrogens with one attached hydrogen (secondary N) is 1. The molecule has 0 aliphatic heterocycles. The fraction of sp³-hybridized carbons (Fsp3) is 0.240. The number of anilines is 1. The fourth-order valence-corrected chi connectivity index (χ4v) is 5.49. The smallest absolute Gasteiger partial charge is 0.264 e. The molecule has 0 radical (unpaired) electrons. The van der Waals surface area contributed by atoms with Gasteiger partial charge in [-0.2, -0.15) is 11.8 Å². The molecule has 0 atom stereocenters. The minimum atomic E-state index is -3.99. The van der Waals surface area contributed by atoms with Crippen molar-refractivity contribution in [1.29, 1.82) is 0 Å². The lowest BCUT2D eigenvalue weighted by molar-refractivity contribution is -0.119. The van der Waals surface area contributed by atoms with Crippen molar-refractivity contribution in [2.45, 2.75) is 17.6 Å². The highest BCUT2D eigenvalue weighted by molar-refractivity contribution is 7.98. The second kappa shape index (κ2) is 12.1. The van der Waals surface area contributed by atoms with Crippen LogP contribution >= 0.6 is 23.4 Å². The number of hydrogen-bond acceptors (Lipinski definition) is 5. The number of halogens is 1. The number of rotatable bonds is 11. The molecular weight excluding hydrogens is 492 g/mol. The highest BCUT2D eigenvalue weighted by atomic mass is 35.5. The first-order valence-electron chi connectivity index (χ1n) is 10.6. The van der Waals surface area contributed by atoms with Crippen molar-refractivity contribution in [2.75, 3.05) is 30.3 Å². The third-order valence-electron chi connectivity index (χ3n) is 5.01. The number of thioether (sulfide) groups is 1. The Morgan fingerprint density at radius 3 is 2.26 bits per heavy atom. The minimum absolute atomic E-state index is 0.0599. The Hall–Kier alpha value is -2.68. The number of methoxy groups -OCH3 is 1. The fourth-order valence-electron chi connectivity index (χ4n) is 3.12. The highest BCUT2D eigenvalue weighted by Crippen LogP contribution is 2.26. The quantitative estimate of drug-likeness (QED) is 0.365. The predicted molar refractivity (Wildman–Crippen MR) is 139 cm³/mol. The summed E-state index contributed by atoms with van der Waals surface area (Å²) in [6.07, 6.45) is 0. The van der Waals surface area contributed by atoms with Crippen LogP contribution in [0.4, 0.5) is 5.69 Å². The molecule has 3 rings (SSSR count). The van der Waals surface area contributed by atoms with E-state index in [-0.39, 0.29) is 17.3 Å². The molecule has 1 amide bonds. The normalized spacial score (nSPS) is 11.1. The van der Waals surface area contributed by atoms with Crippen molar-refractivity contribution in [3.8, 4) is 5.75 Å². The van der Waals surface area contributed by atoms with E-state index in [1.165, 1.54) is 30.4 Å². The van der Waals surface area contributed by atoms with Crippen LogP contribution in [0.5, 0.6) is 5.75 Å². The predicted octanol–water partition coefficient (Wildman–Crippen LogP) is 4.90. The molecule has 180 valence electrons. The first kappa shape index (κ1) is 25.9. The van der Waals surface area contributed by atoms with Crippen molar-refractivity contribution < 1.29 is 17.9 Å². The number of carbonyl (C=O) groups excluding carboxylic acids is 1. The zero-order valence-corrected chi connectivity index (χ0v) is 21.4. The van der Waals surface area contributed by atoms with Gasteiger partial charge in [0, 0.05) is 23.1 Å².